The normalized spacial score (nSPS) is 14.7. The highest BCUT2D eigenvalue weighted by Crippen LogP contribution is 2.31. The standard InChI is InChI=1S/C11H14F2N2O2/c1-4-8(17)11(2,6-16)7-5-15(3)14-9(7)10(12)13/h5-6,10H,4H2,1-3H3. The second kappa shape index (κ2) is 4.73. The number of rotatable bonds is 5. The van der Waals surface area contributed by atoms with E-state index in [1.54, 1.807) is 6.92 Å². The van der Waals surface area contributed by atoms with Gasteiger partial charge in [-0.2, -0.15) is 5.10 Å². The van der Waals surface area contributed by atoms with Crippen molar-refractivity contribution in [3.8, 4) is 0 Å². The molecule has 0 amide bonds. The molecule has 4 nitrogen and oxygen atoms in total. The smallest absolute Gasteiger partial charge is 0.282 e. The quantitative estimate of drug-likeness (QED) is 0.586. The Morgan fingerprint density at radius 3 is 2.65 bits per heavy atom. The minimum atomic E-state index is -2.81. The van der Waals surface area contributed by atoms with Crippen molar-refractivity contribution in [1.82, 2.24) is 9.78 Å². The molecule has 0 aliphatic heterocycles. The SMILES string of the molecule is CCC(=O)C(C)(C=O)c1cn(C)nc1C(F)F. The van der Waals surface area contributed by atoms with Crippen LogP contribution in [0.3, 0.4) is 0 Å². The molecule has 0 saturated carbocycles. The largest absolute Gasteiger partial charge is 0.302 e. The van der Waals surface area contributed by atoms with Crippen molar-refractivity contribution in [2.75, 3.05) is 0 Å². The van der Waals surface area contributed by atoms with Crippen LogP contribution in [0.15, 0.2) is 6.20 Å². The van der Waals surface area contributed by atoms with Crippen LogP contribution < -0.4 is 0 Å². The van der Waals surface area contributed by atoms with Gasteiger partial charge in [0.05, 0.1) is 0 Å². The van der Waals surface area contributed by atoms with Crippen LogP contribution in [-0.4, -0.2) is 21.8 Å². The highest BCUT2D eigenvalue weighted by atomic mass is 19.3. The van der Waals surface area contributed by atoms with Crippen molar-refractivity contribution in [2.24, 2.45) is 7.05 Å². The summed E-state index contributed by atoms with van der Waals surface area (Å²) in [5.41, 5.74) is -2.07. The van der Waals surface area contributed by atoms with Crippen molar-refractivity contribution in [3.63, 3.8) is 0 Å². The summed E-state index contributed by atoms with van der Waals surface area (Å²) in [6, 6.07) is 0. The van der Waals surface area contributed by atoms with E-state index in [1.165, 1.54) is 24.9 Å². The fourth-order valence-electron chi connectivity index (χ4n) is 1.71. The van der Waals surface area contributed by atoms with Crippen LogP contribution in [0.1, 0.15) is 38.0 Å². The molecule has 0 aromatic carbocycles. The Labute approximate surface area is 97.6 Å². The van der Waals surface area contributed by atoms with Gasteiger partial charge in [-0.1, -0.05) is 6.92 Å². The molecule has 0 fully saturated rings. The van der Waals surface area contributed by atoms with Gasteiger partial charge in [-0.3, -0.25) is 9.48 Å². The van der Waals surface area contributed by atoms with Crippen molar-refractivity contribution in [2.45, 2.75) is 32.1 Å². The van der Waals surface area contributed by atoms with Crippen molar-refractivity contribution in [3.05, 3.63) is 17.5 Å². The zero-order valence-corrected chi connectivity index (χ0v) is 9.91. The third-order valence-corrected chi connectivity index (χ3v) is 2.76. The highest BCUT2D eigenvalue weighted by molar-refractivity contribution is 6.03. The number of alkyl halides is 2. The molecule has 0 bridgehead atoms. The first-order valence-electron chi connectivity index (χ1n) is 5.18. The number of hydrogen-bond acceptors (Lipinski definition) is 3. The predicted octanol–water partition coefficient (Wildman–Crippen LogP) is 1.79. The monoisotopic (exact) mass is 244 g/mol. The second-order valence-electron chi connectivity index (χ2n) is 4.00. The number of aryl methyl sites for hydroxylation is 1. The predicted molar refractivity (Wildman–Crippen MR) is 56.9 cm³/mol. The fraction of sp³-hybridized carbons (Fsp3) is 0.545. The van der Waals surface area contributed by atoms with Crippen LogP contribution in [-0.2, 0) is 22.1 Å². The molecule has 17 heavy (non-hydrogen) atoms. The fourth-order valence-corrected chi connectivity index (χ4v) is 1.71. The zero-order chi connectivity index (χ0) is 13.2. The average molecular weight is 244 g/mol. The highest BCUT2D eigenvalue weighted by Gasteiger charge is 2.39. The van der Waals surface area contributed by atoms with Crippen molar-refractivity contribution in [1.29, 1.82) is 0 Å². The second-order valence-corrected chi connectivity index (χ2v) is 4.00. The number of aromatic nitrogens is 2. The lowest BCUT2D eigenvalue weighted by atomic mass is 9.79. The summed E-state index contributed by atoms with van der Waals surface area (Å²) in [6.07, 6.45) is -1.01. The molecular formula is C11H14F2N2O2. The summed E-state index contributed by atoms with van der Waals surface area (Å²) >= 11 is 0. The van der Waals surface area contributed by atoms with Gasteiger partial charge in [-0.25, -0.2) is 8.78 Å². The van der Waals surface area contributed by atoms with Crippen LogP contribution in [0.25, 0.3) is 0 Å². The maximum absolute atomic E-state index is 12.8. The van der Waals surface area contributed by atoms with Crippen molar-refractivity contribution < 1.29 is 18.4 Å². The maximum atomic E-state index is 12.8. The van der Waals surface area contributed by atoms with E-state index in [0.717, 1.165) is 0 Å². The third-order valence-electron chi connectivity index (χ3n) is 2.76. The van der Waals surface area contributed by atoms with Crippen molar-refractivity contribution >= 4 is 12.1 Å². The van der Waals surface area contributed by atoms with E-state index in [4.69, 9.17) is 0 Å². The number of carbonyl (C=O) groups is 2. The van der Waals surface area contributed by atoms with E-state index in [-0.39, 0.29) is 12.0 Å². The summed E-state index contributed by atoms with van der Waals surface area (Å²) in [5.74, 6) is -0.401. The molecule has 1 heterocycles. The van der Waals surface area contributed by atoms with E-state index in [9.17, 15) is 18.4 Å². The Bertz CT molecular complexity index is 443. The van der Waals surface area contributed by atoms with Gasteiger partial charge in [0, 0.05) is 25.2 Å². The molecule has 0 N–H and O–H groups in total. The first-order chi connectivity index (χ1) is 7.86. The van der Waals surface area contributed by atoms with Crippen LogP contribution in [0.4, 0.5) is 8.78 Å². The van der Waals surface area contributed by atoms with E-state index < -0.39 is 23.3 Å². The summed E-state index contributed by atoms with van der Waals surface area (Å²) < 4.78 is 26.7. The van der Waals surface area contributed by atoms with Crippen LogP contribution in [0, 0.1) is 0 Å². The number of halogens is 2. The Kier molecular flexibility index (Phi) is 3.75. The first-order valence-corrected chi connectivity index (χ1v) is 5.18. The molecule has 0 aliphatic carbocycles. The summed E-state index contributed by atoms with van der Waals surface area (Å²) in [6.45, 7) is 2.93. The molecule has 94 valence electrons. The van der Waals surface area contributed by atoms with Crippen LogP contribution in [0.5, 0.6) is 0 Å². The molecule has 0 spiro atoms. The third kappa shape index (κ3) is 2.25. The number of ketones is 1. The van der Waals surface area contributed by atoms with E-state index in [0.29, 0.717) is 6.29 Å². The van der Waals surface area contributed by atoms with Gasteiger partial charge in [0.2, 0.25) is 0 Å². The molecule has 1 unspecified atom stereocenters. The molecule has 1 rings (SSSR count). The van der Waals surface area contributed by atoms with E-state index in [2.05, 4.69) is 5.10 Å². The maximum Gasteiger partial charge on any atom is 0.282 e. The first kappa shape index (κ1) is 13.5. The summed E-state index contributed by atoms with van der Waals surface area (Å²) in [5, 5.41) is 3.60. The zero-order valence-electron chi connectivity index (χ0n) is 9.91. The average Bonchev–Trinajstić information content (AvgIpc) is 2.69. The van der Waals surface area contributed by atoms with E-state index >= 15 is 0 Å². The lowest BCUT2D eigenvalue weighted by Crippen LogP contribution is -2.34. The Morgan fingerprint density at radius 1 is 1.65 bits per heavy atom. The van der Waals surface area contributed by atoms with Crippen LogP contribution in [0.2, 0.25) is 0 Å². The molecule has 0 aliphatic rings. The van der Waals surface area contributed by atoms with Crippen LogP contribution >= 0.6 is 0 Å². The Morgan fingerprint density at radius 2 is 2.24 bits per heavy atom. The Hall–Kier alpha value is -1.59. The van der Waals surface area contributed by atoms with Gasteiger partial charge >= 0.3 is 0 Å². The van der Waals surface area contributed by atoms with Gasteiger partial charge in [-0.15, -0.1) is 0 Å². The topological polar surface area (TPSA) is 52.0 Å². The summed E-state index contributed by atoms with van der Waals surface area (Å²) in [7, 11) is 1.47. The number of hydrogen-bond donors (Lipinski definition) is 0. The number of carbonyl (C=O) groups excluding carboxylic acids is 2. The molecule has 1 aromatic rings. The molecule has 1 atom stereocenters. The molecule has 6 heteroatoms. The summed E-state index contributed by atoms with van der Waals surface area (Å²) in [4.78, 5) is 22.8. The number of aldehydes is 1. The van der Waals surface area contributed by atoms with E-state index in [1.807, 2.05) is 0 Å². The van der Waals surface area contributed by atoms with Gasteiger partial charge in [0.25, 0.3) is 6.43 Å². The minimum Gasteiger partial charge on any atom is -0.302 e. The minimum absolute atomic E-state index is 0.0168. The van der Waals surface area contributed by atoms with Gasteiger partial charge in [0.15, 0.2) is 0 Å². The molecule has 1 aromatic heterocycles. The number of Topliss-reactive ketones (excluding diaryl/α,β-unsaturated/α-hetero) is 1. The lowest BCUT2D eigenvalue weighted by molar-refractivity contribution is -0.128. The lowest BCUT2D eigenvalue weighted by Gasteiger charge is -2.20. The Balaban J connectivity index is 3.39. The molecular weight excluding hydrogens is 230 g/mol. The van der Waals surface area contributed by atoms with Gasteiger partial charge in [0.1, 0.15) is 23.2 Å². The molecule has 0 radical (unpaired) electrons. The van der Waals surface area contributed by atoms with Gasteiger partial charge in [-0.05, 0) is 6.92 Å². The number of nitrogens with zero attached hydrogens (tertiary/aromatic N) is 2. The molecule has 0 saturated heterocycles. The van der Waals surface area contributed by atoms with Gasteiger partial charge < -0.3 is 4.79 Å².